The first-order valence-corrected chi connectivity index (χ1v) is 12.3. The third-order valence-corrected chi connectivity index (χ3v) is 6.18. The van der Waals surface area contributed by atoms with Gasteiger partial charge in [0.2, 0.25) is 0 Å². The molecule has 6 heteroatoms. The second-order valence-electron chi connectivity index (χ2n) is 8.34. The zero-order valence-electron chi connectivity index (χ0n) is 17.7. The van der Waals surface area contributed by atoms with Gasteiger partial charge in [-0.1, -0.05) is 75.8 Å². The lowest BCUT2D eigenvalue weighted by Gasteiger charge is -2.36. The zero-order valence-corrected chi connectivity index (χ0v) is 18.5. The molecule has 2 atom stereocenters. The van der Waals surface area contributed by atoms with E-state index in [1.807, 2.05) is 18.2 Å². The van der Waals surface area contributed by atoms with Gasteiger partial charge in [0.25, 0.3) is 0 Å². The molecule has 0 aromatic heterocycles. The number of quaternary nitrogens is 1. The minimum atomic E-state index is -4.41. The maximum Gasteiger partial charge on any atom is 0.116 e. The molecule has 0 aliphatic rings. The summed E-state index contributed by atoms with van der Waals surface area (Å²) >= 11 is 0. The first-order valence-electron chi connectivity index (χ1n) is 10.7. The van der Waals surface area contributed by atoms with Gasteiger partial charge in [-0.05, 0) is 18.4 Å². The standard InChI is InChI=1S/C22H39NO4S/c1-3-4-5-6-7-8-9-13-17-23(2,19-22(24)20-28(25,26)27)18-16-21-14-11-10-12-15-21/h10-12,14-15,22,24H,3-9,13,16-20H2,1-2H3. The van der Waals surface area contributed by atoms with E-state index in [0.29, 0.717) is 11.0 Å². The van der Waals surface area contributed by atoms with Crippen molar-refractivity contribution in [2.24, 2.45) is 0 Å². The minimum absolute atomic E-state index is 0.296. The number of aliphatic hydroxyl groups excluding tert-OH is 1. The van der Waals surface area contributed by atoms with Crippen molar-refractivity contribution in [3.05, 3.63) is 35.9 Å². The Balaban J connectivity index is 2.51. The Bertz CT molecular complexity index is 621. The molecule has 0 radical (unpaired) electrons. The molecular formula is C22H39NO4S. The summed E-state index contributed by atoms with van der Waals surface area (Å²) in [5.41, 5.74) is 1.23. The maximum absolute atomic E-state index is 11.0. The topological polar surface area (TPSA) is 77.4 Å². The Morgan fingerprint density at radius 3 is 2.11 bits per heavy atom. The summed E-state index contributed by atoms with van der Waals surface area (Å²) in [5, 5.41) is 10.1. The van der Waals surface area contributed by atoms with E-state index in [1.54, 1.807) is 0 Å². The van der Waals surface area contributed by atoms with Gasteiger partial charge in [-0.2, -0.15) is 0 Å². The molecular weight excluding hydrogens is 374 g/mol. The van der Waals surface area contributed by atoms with Crippen molar-refractivity contribution in [2.75, 3.05) is 32.4 Å². The van der Waals surface area contributed by atoms with Gasteiger partial charge in [0, 0.05) is 6.42 Å². The molecule has 162 valence electrons. The van der Waals surface area contributed by atoms with Crippen LogP contribution >= 0.6 is 0 Å². The highest BCUT2D eigenvalue weighted by atomic mass is 32.2. The lowest BCUT2D eigenvalue weighted by Crippen LogP contribution is -2.52. The predicted molar refractivity (Wildman–Crippen MR) is 114 cm³/mol. The molecule has 1 rings (SSSR count). The third kappa shape index (κ3) is 12.5. The molecule has 0 fully saturated rings. The van der Waals surface area contributed by atoms with E-state index in [-0.39, 0.29) is 0 Å². The molecule has 5 nitrogen and oxygen atoms in total. The van der Waals surface area contributed by atoms with Gasteiger partial charge in [-0.25, -0.2) is 8.42 Å². The predicted octanol–water partition coefficient (Wildman–Crippen LogP) is 3.72. The highest BCUT2D eigenvalue weighted by Gasteiger charge is 2.26. The second kappa shape index (κ2) is 13.3. The average Bonchev–Trinajstić information content (AvgIpc) is 2.61. The van der Waals surface area contributed by atoms with Crippen LogP contribution in [0.2, 0.25) is 0 Å². The quantitative estimate of drug-likeness (QED) is 0.254. The third-order valence-electron chi connectivity index (χ3n) is 5.38. The smallest absolute Gasteiger partial charge is 0.116 e. The van der Waals surface area contributed by atoms with Crippen LogP contribution in [0.3, 0.4) is 0 Å². The first kappa shape index (κ1) is 25.1. The number of benzene rings is 1. The Morgan fingerprint density at radius 2 is 1.54 bits per heavy atom. The van der Waals surface area contributed by atoms with E-state index in [0.717, 1.165) is 32.4 Å². The second-order valence-corrected chi connectivity index (χ2v) is 9.79. The van der Waals surface area contributed by atoms with Gasteiger partial charge in [-0.3, -0.25) is 0 Å². The number of nitrogens with zero attached hydrogens (tertiary/aromatic N) is 1. The van der Waals surface area contributed by atoms with E-state index in [2.05, 4.69) is 26.1 Å². The monoisotopic (exact) mass is 413 g/mol. The van der Waals surface area contributed by atoms with E-state index < -0.39 is 22.0 Å². The first-order chi connectivity index (χ1) is 13.2. The molecule has 2 unspecified atom stereocenters. The number of aliphatic hydroxyl groups is 1. The van der Waals surface area contributed by atoms with Crippen molar-refractivity contribution >= 4 is 10.1 Å². The van der Waals surface area contributed by atoms with Crippen LogP contribution in [0.25, 0.3) is 0 Å². The van der Waals surface area contributed by atoms with E-state index in [1.165, 1.54) is 44.1 Å². The van der Waals surface area contributed by atoms with Gasteiger partial charge >= 0.3 is 0 Å². The number of hydrogen-bond donors (Lipinski definition) is 1. The van der Waals surface area contributed by atoms with Crippen molar-refractivity contribution in [3.8, 4) is 0 Å². The molecule has 28 heavy (non-hydrogen) atoms. The molecule has 0 heterocycles. The molecule has 0 spiro atoms. The molecule has 0 saturated heterocycles. The van der Waals surface area contributed by atoms with Crippen molar-refractivity contribution in [1.82, 2.24) is 0 Å². The summed E-state index contributed by atoms with van der Waals surface area (Å²) in [6.07, 6.45) is 9.64. The fraction of sp³-hybridized carbons (Fsp3) is 0.727. The van der Waals surface area contributed by atoms with Crippen LogP contribution in [0, 0.1) is 0 Å². The lowest BCUT2D eigenvalue weighted by molar-refractivity contribution is -0.912. The van der Waals surface area contributed by atoms with Crippen molar-refractivity contribution in [3.63, 3.8) is 0 Å². The molecule has 0 amide bonds. The van der Waals surface area contributed by atoms with Crippen LogP contribution in [0.15, 0.2) is 30.3 Å². The van der Waals surface area contributed by atoms with Crippen LogP contribution in [0.1, 0.15) is 63.9 Å². The highest BCUT2D eigenvalue weighted by Crippen LogP contribution is 2.14. The summed E-state index contributed by atoms with van der Waals surface area (Å²) < 4.78 is 33.6. The SMILES string of the molecule is CCCCCCCCCC[N+](C)(CCc1ccccc1)CC(O)CS(=O)(=O)[O-]. The zero-order chi connectivity index (χ0) is 20.9. The van der Waals surface area contributed by atoms with Crippen molar-refractivity contribution in [1.29, 1.82) is 0 Å². The maximum atomic E-state index is 11.0. The van der Waals surface area contributed by atoms with Gasteiger partial charge in [-0.15, -0.1) is 0 Å². The molecule has 1 aromatic carbocycles. The molecule has 0 saturated carbocycles. The highest BCUT2D eigenvalue weighted by molar-refractivity contribution is 7.85. The van der Waals surface area contributed by atoms with Crippen molar-refractivity contribution < 1.29 is 22.6 Å². The van der Waals surface area contributed by atoms with Gasteiger partial charge in [0.15, 0.2) is 0 Å². The van der Waals surface area contributed by atoms with E-state index in [4.69, 9.17) is 0 Å². The largest absolute Gasteiger partial charge is 0.748 e. The Labute approximate surface area is 172 Å². The fourth-order valence-electron chi connectivity index (χ4n) is 3.76. The Hall–Kier alpha value is -0.950. The van der Waals surface area contributed by atoms with Crippen LogP contribution in [-0.4, -0.2) is 61.1 Å². The van der Waals surface area contributed by atoms with E-state index >= 15 is 0 Å². The number of rotatable bonds is 16. The number of unbranched alkanes of at least 4 members (excludes halogenated alkanes) is 7. The average molecular weight is 414 g/mol. The normalized spacial score (nSPS) is 15.3. The summed E-state index contributed by atoms with van der Waals surface area (Å²) in [4.78, 5) is 0. The Kier molecular flexibility index (Phi) is 11.9. The lowest BCUT2D eigenvalue weighted by atomic mass is 10.1. The number of likely N-dealkylation sites (N-methyl/N-ethyl adjacent to an activating group) is 1. The summed E-state index contributed by atoms with van der Waals surface area (Å²) in [5.74, 6) is -0.705. The van der Waals surface area contributed by atoms with Crippen LogP contribution in [0.4, 0.5) is 0 Å². The minimum Gasteiger partial charge on any atom is -0.748 e. The Morgan fingerprint density at radius 1 is 0.964 bits per heavy atom. The molecule has 1 aromatic rings. The summed E-state index contributed by atoms with van der Waals surface area (Å²) in [6.45, 7) is 4.22. The van der Waals surface area contributed by atoms with Gasteiger partial charge < -0.3 is 14.1 Å². The molecule has 0 bridgehead atoms. The molecule has 0 aliphatic carbocycles. The summed E-state index contributed by atoms with van der Waals surface area (Å²) in [6, 6.07) is 10.2. The van der Waals surface area contributed by atoms with Crippen molar-refractivity contribution in [2.45, 2.75) is 70.8 Å². The molecule has 1 N–H and O–H groups in total. The van der Waals surface area contributed by atoms with E-state index in [9.17, 15) is 18.1 Å². The fourth-order valence-corrected chi connectivity index (χ4v) is 4.34. The van der Waals surface area contributed by atoms with Gasteiger partial charge in [0.1, 0.15) is 12.6 Å². The van der Waals surface area contributed by atoms with Crippen LogP contribution in [-0.2, 0) is 16.5 Å². The van der Waals surface area contributed by atoms with Crippen LogP contribution < -0.4 is 0 Å². The summed E-state index contributed by atoms with van der Waals surface area (Å²) in [7, 11) is -2.35. The molecule has 0 aliphatic heterocycles. The number of hydrogen-bond acceptors (Lipinski definition) is 4. The van der Waals surface area contributed by atoms with Gasteiger partial charge in [0.05, 0.1) is 36.0 Å². The van der Waals surface area contributed by atoms with Crippen LogP contribution in [0.5, 0.6) is 0 Å².